The molecule has 1 aliphatic rings. The molecule has 1 aliphatic heterocycles. The van der Waals surface area contributed by atoms with Crippen LogP contribution in [0.2, 0.25) is 0 Å². The Kier molecular flexibility index (Phi) is 3.91. The van der Waals surface area contributed by atoms with Crippen LogP contribution in [0.4, 0.5) is 14.6 Å². The molecule has 0 radical (unpaired) electrons. The van der Waals surface area contributed by atoms with Crippen LogP contribution < -0.4 is 4.90 Å². The van der Waals surface area contributed by atoms with E-state index in [4.69, 9.17) is 12.2 Å². The summed E-state index contributed by atoms with van der Waals surface area (Å²) in [5.41, 5.74) is 0.866. The third-order valence-electron chi connectivity index (χ3n) is 3.23. The van der Waals surface area contributed by atoms with Gasteiger partial charge in [0.05, 0.1) is 10.6 Å². The lowest BCUT2D eigenvalue weighted by molar-refractivity contribution is 0.555. The molecule has 108 valence electrons. The monoisotopic (exact) mass is 322 g/mol. The van der Waals surface area contributed by atoms with E-state index in [0.29, 0.717) is 16.6 Å². The van der Waals surface area contributed by atoms with Crippen LogP contribution in [0.5, 0.6) is 0 Å². The summed E-state index contributed by atoms with van der Waals surface area (Å²) in [5.74, 6) is 0.0472. The Morgan fingerprint density at radius 1 is 1.19 bits per heavy atom. The lowest BCUT2D eigenvalue weighted by Gasteiger charge is -2.25. The highest BCUT2D eigenvalue weighted by atomic mass is 32.2. The van der Waals surface area contributed by atoms with Crippen molar-refractivity contribution in [3.05, 3.63) is 59.3 Å². The zero-order chi connectivity index (χ0) is 15.0. The second-order valence-corrected chi connectivity index (χ2v) is 6.24. The number of nitrogens with zero attached hydrogens (tertiary/aromatic N) is 2. The van der Waals surface area contributed by atoms with Crippen molar-refractivity contribution >= 4 is 34.8 Å². The summed E-state index contributed by atoms with van der Waals surface area (Å²) in [5, 5.41) is -0.520. The van der Waals surface area contributed by atoms with E-state index in [-0.39, 0.29) is 5.56 Å². The molecule has 1 unspecified atom stereocenters. The van der Waals surface area contributed by atoms with Crippen molar-refractivity contribution in [2.24, 2.45) is 0 Å². The standard InChI is InChI=1S/C15H12F2N2S2/c1-9-4-2-7-12(18-9)19-13(20)8-21-15(19)14-10(16)5-3-6-11(14)17/h2-7,15H,8H2,1H3. The van der Waals surface area contributed by atoms with E-state index in [1.165, 1.54) is 30.0 Å². The Hall–Kier alpha value is -1.53. The molecule has 1 fully saturated rings. The summed E-state index contributed by atoms with van der Waals surface area (Å²) in [7, 11) is 0. The maximum Gasteiger partial charge on any atom is 0.134 e. The summed E-state index contributed by atoms with van der Waals surface area (Å²) < 4.78 is 28.1. The van der Waals surface area contributed by atoms with Gasteiger partial charge in [-0.25, -0.2) is 13.8 Å². The van der Waals surface area contributed by atoms with Crippen molar-refractivity contribution in [2.75, 3.05) is 10.7 Å². The first-order valence-corrected chi connectivity index (χ1v) is 7.85. The smallest absolute Gasteiger partial charge is 0.134 e. The fourth-order valence-corrected chi connectivity index (χ4v) is 3.98. The predicted molar refractivity (Wildman–Crippen MR) is 85.6 cm³/mol. The Morgan fingerprint density at radius 2 is 1.86 bits per heavy atom. The van der Waals surface area contributed by atoms with Crippen molar-refractivity contribution in [3.8, 4) is 0 Å². The quantitative estimate of drug-likeness (QED) is 0.768. The van der Waals surface area contributed by atoms with Crippen LogP contribution in [0.1, 0.15) is 16.6 Å². The summed E-state index contributed by atoms with van der Waals surface area (Å²) in [6.07, 6.45) is 0. The molecule has 0 aliphatic carbocycles. The third-order valence-corrected chi connectivity index (χ3v) is 4.96. The Labute approximate surface area is 131 Å². The van der Waals surface area contributed by atoms with E-state index < -0.39 is 17.0 Å². The van der Waals surface area contributed by atoms with Gasteiger partial charge < -0.3 is 4.90 Å². The third kappa shape index (κ3) is 2.65. The summed E-state index contributed by atoms with van der Waals surface area (Å²) in [6.45, 7) is 1.87. The van der Waals surface area contributed by atoms with Crippen LogP contribution in [0.3, 0.4) is 0 Å². The fourth-order valence-electron chi connectivity index (χ4n) is 2.29. The maximum atomic E-state index is 14.1. The first-order chi connectivity index (χ1) is 10.1. The molecule has 1 saturated heterocycles. The van der Waals surface area contributed by atoms with Gasteiger partial charge in [0.2, 0.25) is 0 Å². The number of hydrogen-bond acceptors (Lipinski definition) is 3. The first kappa shape index (κ1) is 14.4. The Balaban J connectivity index is 2.08. The molecular weight excluding hydrogens is 310 g/mol. The number of benzene rings is 1. The molecule has 1 aromatic heterocycles. The molecule has 2 aromatic rings. The molecule has 2 heterocycles. The number of anilines is 1. The van der Waals surface area contributed by atoms with Crippen LogP contribution in [0.25, 0.3) is 0 Å². The molecule has 0 N–H and O–H groups in total. The topological polar surface area (TPSA) is 16.1 Å². The number of aromatic nitrogens is 1. The van der Waals surface area contributed by atoms with Gasteiger partial charge in [0, 0.05) is 11.4 Å². The average Bonchev–Trinajstić information content (AvgIpc) is 2.80. The molecule has 1 aromatic carbocycles. The van der Waals surface area contributed by atoms with Gasteiger partial charge in [0.1, 0.15) is 22.8 Å². The number of thioether (sulfide) groups is 1. The van der Waals surface area contributed by atoms with Crippen molar-refractivity contribution in [3.63, 3.8) is 0 Å². The highest BCUT2D eigenvalue weighted by Gasteiger charge is 2.35. The minimum atomic E-state index is -0.560. The van der Waals surface area contributed by atoms with Crippen molar-refractivity contribution in [2.45, 2.75) is 12.3 Å². The van der Waals surface area contributed by atoms with Crippen molar-refractivity contribution < 1.29 is 8.78 Å². The number of thiocarbonyl (C=S) groups is 1. The van der Waals surface area contributed by atoms with Gasteiger partial charge in [0.25, 0.3) is 0 Å². The summed E-state index contributed by atoms with van der Waals surface area (Å²) in [6, 6.07) is 9.43. The average molecular weight is 322 g/mol. The largest absolute Gasteiger partial charge is 0.303 e. The van der Waals surface area contributed by atoms with Crippen LogP contribution in [0, 0.1) is 18.6 Å². The van der Waals surface area contributed by atoms with Crippen LogP contribution >= 0.6 is 24.0 Å². The van der Waals surface area contributed by atoms with Crippen LogP contribution in [-0.4, -0.2) is 15.7 Å². The normalized spacial score (nSPS) is 18.3. The van der Waals surface area contributed by atoms with Gasteiger partial charge in [-0.2, -0.15) is 0 Å². The minimum Gasteiger partial charge on any atom is -0.303 e. The second-order valence-electron chi connectivity index (χ2n) is 4.70. The van der Waals surface area contributed by atoms with E-state index in [9.17, 15) is 8.78 Å². The highest BCUT2D eigenvalue weighted by Crippen LogP contribution is 2.43. The number of aryl methyl sites for hydroxylation is 1. The second kappa shape index (κ2) is 5.69. The lowest BCUT2D eigenvalue weighted by atomic mass is 10.1. The molecule has 21 heavy (non-hydrogen) atoms. The zero-order valence-electron chi connectivity index (χ0n) is 11.2. The zero-order valence-corrected chi connectivity index (χ0v) is 12.8. The van der Waals surface area contributed by atoms with Gasteiger partial charge in [-0.1, -0.05) is 24.4 Å². The molecule has 6 heteroatoms. The number of pyridine rings is 1. The highest BCUT2D eigenvalue weighted by molar-refractivity contribution is 8.02. The summed E-state index contributed by atoms with van der Waals surface area (Å²) >= 11 is 6.75. The molecule has 2 nitrogen and oxygen atoms in total. The molecule has 3 rings (SSSR count). The van der Waals surface area contributed by atoms with Crippen LogP contribution in [-0.2, 0) is 0 Å². The van der Waals surface area contributed by atoms with Crippen molar-refractivity contribution in [1.82, 2.24) is 4.98 Å². The number of hydrogen-bond donors (Lipinski definition) is 0. The van der Waals surface area contributed by atoms with Crippen LogP contribution in [0.15, 0.2) is 36.4 Å². The van der Waals surface area contributed by atoms with Crippen molar-refractivity contribution in [1.29, 1.82) is 0 Å². The number of rotatable bonds is 2. The van der Waals surface area contributed by atoms with Gasteiger partial charge >= 0.3 is 0 Å². The molecule has 0 amide bonds. The van der Waals surface area contributed by atoms with Gasteiger partial charge in [-0.3, -0.25) is 0 Å². The molecule has 0 spiro atoms. The molecule has 0 saturated carbocycles. The SMILES string of the molecule is Cc1cccc(N2C(=S)CSC2c2c(F)cccc2F)n1. The summed E-state index contributed by atoms with van der Waals surface area (Å²) in [4.78, 5) is 6.78. The van der Waals surface area contributed by atoms with Gasteiger partial charge in [-0.05, 0) is 31.2 Å². The lowest BCUT2D eigenvalue weighted by Crippen LogP contribution is -2.28. The first-order valence-electron chi connectivity index (χ1n) is 6.39. The van der Waals surface area contributed by atoms with Gasteiger partial charge in [-0.15, -0.1) is 11.8 Å². The Morgan fingerprint density at radius 3 is 2.52 bits per heavy atom. The molecular formula is C15H12F2N2S2. The maximum absolute atomic E-state index is 14.1. The fraction of sp³-hybridized carbons (Fsp3) is 0.200. The minimum absolute atomic E-state index is 0.0330. The van der Waals surface area contributed by atoms with E-state index in [1.807, 2.05) is 19.1 Å². The molecule has 0 bridgehead atoms. The van der Waals surface area contributed by atoms with E-state index in [2.05, 4.69) is 4.98 Å². The van der Waals surface area contributed by atoms with E-state index in [1.54, 1.807) is 11.0 Å². The number of halogens is 2. The Bertz CT molecular complexity index is 686. The predicted octanol–water partition coefficient (Wildman–Crippen LogP) is 4.25. The van der Waals surface area contributed by atoms with Gasteiger partial charge in [0.15, 0.2) is 0 Å². The molecule has 1 atom stereocenters. The van der Waals surface area contributed by atoms with E-state index >= 15 is 0 Å². The van der Waals surface area contributed by atoms with E-state index in [0.717, 1.165) is 5.69 Å².